The van der Waals surface area contributed by atoms with Crippen molar-refractivity contribution >= 4 is 5.91 Å². The normalized spacial score (nSPS) is 15.6. The zero-order valence-electron chi connectivity index (χ0n) is 11.4. The van der Waals surface area contributed by atoms with Crippen molar-refractivity contribution in [3.8, 4) is 6.07 Å². The molecule has 1 saturated heterocycles. The first-order valence-corrected chi connectivity index (χ1v) is 6.84. The number of pyridine rings is 1. The molecule has 0 atom stereocenters. The molecule has 5 nitrogen and oxygen atoms in total. The first-order chi connectivity index (χ1) is 9.81. The van der Waals surface area contributed by atoms with E-state index in [1.165, 1.54) is 6.20 Å². The van der Waals surface area contributed by atoms with E-state index in [1.54, 1.807) is 11.1 Å². The van der Waals surface area contributed by atoms with Gasteiger partial charge >= 0.3 is 0 Å². The number of piperidine rings is 1. The number of nitrogens with zero attached hydrogens (tertiary/aromatic N) is 3. The first kappa shape index (κ1) is 14.1. The molecule has 0 bridgehead atoms. The van der Waals surface area contributed by atoms with Gasteiger partial charge in [-0.15, -0.1) is 0 Å². The molecule has 1 amide bonds. The van der Waals surface area contributed by atoms with Crippen LogP contribution in [-0.2, 0) is 11.3 Å². The van der Waals surface area contributed by atoms with Gasteiger partial charge in [-0.05, 0) is 31.4 Å². The fourth-order valence-corrected chi connectivity index (χ4v) is 2.17. The van der Waals surface area contributed by atoms with Crippen LogP contribution in [0.1, 0.15) is 25.0 Å². The van der Waals surface area contributed by atoms with E-state index in [2.05, 4.69) is 10.3 Å². The number of nitriles is 1. The van der Waals surface area contributed by atoms with Gasteiger partial charge < -0.3 is 10.2 Å². The molecular formula is C15H18N4O. The van der Waals surface area contributed by atoms with Crippen molar-refractivity contribution in [2.45, 2.75) is 25.8 Å². The zero-order valence-corrected chi connectivity index (χ0v) is 11.4. The van der Waals surface area contributed by atoms with Gasteiger partial charge in [-0.1, -0.05) is 6.07 Å². The van der Waals surface area contributed by atoms with E-state index in [-0.39, 0.29) is 11.5 Å². The Hall–Kier alpha value is -2.35. The summed E-state index contributed by atoms with van der Waals surface area (Å²) < 4.78 is 0. The third-order valence-electron chi connectivity index (χ3n) is 3.25. The SMILES string of the molecule is N#C/C(=C/NCc1ccccn1)C(=O)N1CCCCC1. The predicted molar refractivity (Wildman–Crippen MR) is 75.2 cm³/mol. The summed E-state index contributed by atoms with van der Waals surface area (Å²) in [5, 5.41) is 12.1. The second-order valence-electron chi connectivity index (χ2n) is 4.72. The maximum Gasteiger partial charge on any atom is 0.265 e. The predicted octanol–water partition coefficient (Wildman–Crippen LogP) is 1.59. The molecule has 104 valence electrons. The Bertz CT molecular complexity index is 512. The highest BCUT2D eigenvalue weighted by Gasteiger charge is 2.19. The molecule has 1 aliphatic heterocycles. The van der Waals surface area contributed by atoms with Crippen molar-refractivity contribution in [2.24, 2.45) is 0 Å². The average molecular weight is 270 g/mol. The number of amides is 1. The van der Waals surface area contributed by atoms with E-state index in [0.29, 0.717) is 6.54 Å². The highest BCUT2D eigenvalue weighted by atomic mass is 16.2. The van der Waals surface area contributed by atoms with Crippen LogP contribution in [0, 0.1) is 11.3 Å². The second-order valence-corrected chi connectivity index (χ2v) is 4.72. The van der Waals surface area contributed by atoms with Crippen molar-refractivity contribution in [3.05, 3.63) is 41.9 Å². The lowest BCUT2D eigenvalue weighted by Gasteiger charge is -2.26. The molecule has 2 rings (SSSR count). The molecule has 1 fully saturated rings. The van der Waals surface area contributed by atoms with Crippen LogP contribution >= 0.6 is 0 Å². The summed E-state index contributed by atoms with van der Waals surface area (Å²) in [4.78, 5) is 18.1. The summed E-state index contributed by atoms with van der Waals surface area (Å²) >= 11 is 0. The lowest BCUT2D eigenvalue weighted by molar-refractivity contribution is -0.127. The van der Waals surface area contributed by atoms with Crippen LogP contribution in [0.4, 0.5) is 0 Å². The monoisotopic (exact) mass is 270 g/mol. The quantitative estimate of drug-likeness (QED) is 0.666. The Labute approximate surface area is 118 Å². The van der Waals surface area contributed by atoms with Crippen LogP contribution in [0.15, 0.2) is 36.2 Å². The lowest BCUT2D eigenvalue weighted by Crippen LogP contribution is -2.36. The van der Waals surface area contributed by atoms with Crippen LogP contribution in [0.25, 0.3) is 0 Å². The van der Waals surface area contributed by atoms with E-state index >= 15 is 0 Å². The van der Waals surface area contributed by atoms with Gasteiger partial charge in [0.15, 0.2) is 0 Å². The molecule has 1 aromatic rings. The minimum absolute atomic E-state index is 0.155. The van der Waals surface area contributed by atoms with Gasteiger partial charge in [-0.2, -0.15) is 5.26 Å². The topological polar surface area (TPSA) is 69.0 Å². The van der Waals surface area contributed by atoms with Crippen molar-refractivity contribution in [1.29, 1.82) is 5.26 Å². The zero-order chi connectivity index (χ0) is 14.2. The maximum absolute atomic E-state index is 12.2. The molecule has 5 heteroatoms. The van der Waals surface area contributed by atoms with Crippen LogP contribution in [0.2, 0.25) is 0 Å². The molecule has 1 aliphatic rings. The van der Waals surface area contributed by atoms with Gasteiger partial charge in [0.05, 0.1) is 12.2 Å². The average Bonchev–Trinajstić information content (AvgIpc) is 2.53. The summed E-state index contributed by atoms with van der Waals surface area (Å²) in [5.41, 5.74) is 1.02. The summed E-state index contributed by atoms with van der Waals surface area (Å²) in [6, 6.07) is 7.61. The molecule has 0 aromatic carbocycles. The Kier molecular flexibility index (Phi) is 5.13. The van der Waals surface area contributed by atoms with E-state index in [0.717, 1.165) is 38.0 Å². The standard InChI is InChI=1S/C15H18N4O/c16-10-13(15(20)19-8-4-1-5-9-19)11-17-12-14-6-2-3-7-18-14/h2-3,6-7,11,17H,1,4-5,8-9,12H2/b13-11-. The number of likely N-dealkylation sites (tertiary alicyclic amines) is 1. The van der Waals surface area contributed by atoms with Gasteiger partial charge in [0.25, 0.3) is 5.91 Å². The van der Waals surface area contributed by atoms with Gasteiger partial charge in [0.1, 0.15) is 11.6 Å². The molecule has 1 N–H and O–H groups in total. The summed E-state index contributed by atoms with van der Waals surface area (Å²) in [7, 11) is 0. The van der Waals surface area contributed by atoms with Crippen molar-refractivity contribution in [3.63, 3.8) is 0 Å². The van der Waals surface area contributed by atoms with E-state index in [4.69, 9.17) is 5.26 Å². The van der Waals surface area contributed by atoms with Crippen LogP contribution < -0.4 is 5.32 Å². The Morgan fingerprint density at radius 2 is 2.20 bits per heavy atom. The molecular weight excluding hydrogens is 252 g/mol. The molecule has 20 heavy (non-hydrogen) atoms. The highest BCUT2D eigenvalue weighted by molar-refractivity contribution is 5.97. The smallest absolute Gasteiger partial charge is 0.265 e. The summed E-state index contributed by atoms with van der Waals surface area (Å²) in [6.45, 7) is 2.00. The van der Waals surface area contributed by atoms with Gasteiger partial charge in [0, 0.05) is 25.5 Å². The molecule has 0 saturated carbocycles. The van der Waals surface area contributed by atoms with E-state index in [1.807, 2.05) is 24.3 Å². The van der Waals surface area contributed by atoms with Gasteiger partial charge in [0.2, 0.25) is 0 Å². The van der Waals surface area contributed by atoms with E-state index in [9.17, 15) is 4.79 Å². The van der Waals surface area contributed by atoms with Gasteiger partial charge in [-0.3, -0.25) is 9.78 Å². The summed E-state index contributed by atoms with van der Waals surface area (Å²) in [5.74, 6) is -0.180. The molecule has 0 unspecified atom stereocenters. The van der Waals surface area contributed by atoms with Crippen molar-refractivity contribution in [1.82, 2.24) is 15.2 Å². The Balaban J connectivity index is 1.92. The van der Waals surface area contributed by atoms with E-state index < -0.39 is 0 Å². The molecule has 1 aromatic heterocycles. The number of rotatable bonds is 4. The number of hydrogen-bond donors (Lipinski definition) is 1. The molecule has 0 aliphatic carbocycles. The number of hydrogen-bond acceptors (Lipinski definition) is 4. The molecule has 0 spiro atoms. The number of nitrogens with one attached hydrogen (secondary N) is 1. The summed E-state index contributed by atoms with van der Waals surface area (Å²) in [6.07, 6.45) is 6.40. The maximum atomic E-state index is 12.2. The van der Waals surface area contributed by atoms with Gasteiger partial charge in [-0.25, -0.2) is 0 Å². The van der Waals surface area contributed by atoms with Crippen molar-refractivity contribution in [2.75, 3.05) is 13.1 Å². The van der Waals surface area contributed by atoms with Crippen LogP contribution in [0.3, 0.4) is 0 Å². The highest BCUT2D eigenvalue weighted by Crippen LogP contribution is 2.11. The fraction of sp³-hybridized carbons (Fsp3) is 0.400. The van der Waals surface area contributed by atoms with Crippen molar-refractivity contribution < 1.29 is 4.79 Å². The minimum atomic E-state index is -0.180. The molecule has 0 radical (unpaired) electrons. The van der Waals surface area contributed by atoms with Crippen LogP contribution in [-0.4, -0.2) is 28.9 Å². The second kappa shape index (κ2) is 7.29. The number of aromatic nitrogens is 1. The number of carbonyl (C=O) groups excluding carboxylic acids is 1. The Morgan fingerprint density at radius 1 is 1.40 bits per heavy atom. The first-order valence-electron chi connectivity index (χ1n) is 6.84. The Morgan fingerprint density at radius 3 is 2.85 bits per heavy atom. The van der Waals surface area contributed by atoms with Crippen LogP contribution in [0.5, 0.6) is 0 Å². The third-order valence-corrected chi connectivity index (χ3v) is 3.25. The third kappa shape index (κ3) is 3.82. The minimum Gasteiger partial charge on any atom is -0.384 e. The molecule has 2 heterocycles. The fourth-order valence-electron chi connectivity index (χ4n) is 2.17. The lowest BCUT2D eigenvalue weighted by atomic mass is 10.1. The largest absolute Gasteiger partial charge is 0.384 e. The number of carbonyl (C=O) groups is 1.